The highest BCUT2D eigenvalue weighted by atomic mass is 16.4. The molecule has 1 aliphatic rings. The van der Waals surface area contributed by atoms with Gasteiger partial charge in [-0.15, -0.1) is 0 Å². The van der Waals surface area contributed by atoms with Crippen molar-refractivity contribution in [2.24, 2.45) is 0 Å². The Labute approximate surface area is 149 Å². The van der Waals surface area contributed by atoms with Crippen molar-refractivity contribution in [3.05, 3.63) is 53.3 Å². The summed E-state index contributed by atoms with van der Waals surface area (Å²) in [6.07, 6.45) is 3.59. The molecule has 0 atom stereocenters. The van der Waals surface area contributed by atoms with Gasteiger partial charge in [-0.05, 0) is 31.4 Å². The maximum Gasteiger partial charge on any atom is 0.341 e. The van der Waals surface area contributed by atoms with Gasteiger partial charge >= 0.3 is 5.97 Å². The van der Waals surface area contributed by atoms with E-state index in [-0.39, 0.29) is 11.4 Å². The van der Waals surface area contributed by atoms with Crippen LogP contribution in [-0.4, -0.2) is 31.2 Å². The van der Waals surface area contributed by atoms with Crippen molar-refractivity contribution in [2.75, 3.05) is 10.6 Å². The lowest BCUT2D eigenvalue weighted by atomic mass is 10.2. The van der Waals surface area contributed by atoms with Crippen LogP contribution in [0.5, 0.6) is 0 Å². The Kier molecular flexibility index (Phi) is 4.00. The lowest BCUT2D eigenvalue weighted by Crippen LogP contribution is -2.09. The van der Waals surface area contributed by atoms with Crippen LogP contribution in [-0.2, 0) is 0 Å². The Morgan fingerprint density at radius 3 is 2.81 bits per heavy atom. The summed E-state index contributed by atoms with van der Waals surface area (Å²) in [6.45, 7) is 1.97. The molecule has 0 radical (unpaired) electrons. The van der Waals surface area contributed by atoms with Crippen LogP contribution >= 0.6 is 0 Å². The highest BCUT2D eigenvalue weighted by Crippen LogP contribution is 2.39. The summed E-state index contributed by atoms with van der Waals surface area (Å²) < 4.78 is 0. The van der Waals surface area contributed by atoms with E-state index >= 15 is 0 Å². The van der Waals surface area contributed by atoms with E-state index in [4.69, 9.17) is 0 Å². The van der Waals surface area contributed by atoms with E-state index in [0.717, 1.165) is 29.8 Å². The molecule has 0 amide bonds. The lowest BCUT2D eigenvalue weighted by Gasteiger charge is -2.11. The zero-order valence-corrected chi connectivity index (χ0v) is 14.2. The first-order valence-corrected chi connectivity index (χ1v) is 8.35. The summed E-state index contributed by atoms with van der Waals surface area (Å²) in [5.41, 5.74) is 2.93. The summed E-state index contributed by atoms with van der Waals surface area (Å²) in [5, 5.41) is 22.7. The third-order valence-corrected chi connectivity index (χ3v) is 4.27. The second kappa shape index (κ2) is 6.47. The number of rotatable bonds is 6. The number of aryl methyl sites for hydroxylation is 1. The number of aromatic nitrogens is 4. The van der Waals surface area contributed by atoms with Gasteiger partial charge < -0.3 is 15.7 Å². The maximum absolute atomic E-state index is 11.5. The fraction of sp³-hybridized carbons (Fsp3) is 0.222. The Morgan fingerprint density at radius 2 is 2.08 bits per heavy atom. The van der Waals surface area contributed by atoms with Gasteiger partial charge in [0.05, 0.1) is 0 Å². The number of hydrogen-bond acceptors (Lipinski definition) is 6. The van der Waals surface area contributed by atoms with Crippen molar-refractivity contribution in [1.29, 1.82) is 0 Å². The molecular formula is C18H18N6O2. The molecule has 0 bridgehead atoms. The molecule has 0 spiro atoms. The van der Waals surface area contributed by atoms with E-state index in [1.807, 2.05) is 37.3 Å². The molecule has 0 unspecified atom stereocenters. The molecule has 8 nitrogen and oxygen atoms in total. The van der Waals surface area contributed by atoms with E-state index in [2.05, 4.69) is 30.8 Å². The zero-order chi connectivity index (χ0) is 18.1. The van der Waals surface area contributed by atoms with Crippen LogP contribution in [0, 0.1) is 6.92 Å². The van der Waals surface area contributed by atoms with Crippen molar-refractivity contribution < 1.29 is 9.90 Å². The number of para-hydroxylation sites is 1. The number of carboxylic acids is 1. The number of anilines is 4. The highest BCUT2D eigenvalue weighted by molar-refractivity contribution is 5.93. The van der Waals surface area contributed by atoms with Gasteiger partial charge in [-0.1, -0.05) is 18.2 Å². The molecule has 2 heterocycles. The summed E-state index contributed by atoms with van der Waals surface area (Å²) in [5.74, 6) is 0.464. The number of carboxylic acid groups (broad SMARTS) is 1. The average Bonchev–Trinajstić information content (AvgIpc) is 3.37. The van der Waals surface area contributed by atoms with Gasteiger partial charge in [0.1, 0.15) is 5.56 Å². The van der Waals surface area contributed by atoms with E-state index in [9.17, 15) is 9.90 Å². The van der Waals surface area contributed by atoms with Gasteiger partial charge in [0, 0.05) is 29.6 Å². The average molecular weight is 350 g/mol. The van der Waals surface area contributed by atoms with Crippen LogP contribution < -0.4 is 10.6 Å². The second-order valence-electron chi connectivity index (χ2n) is 6.31. The number of H-pyrrole nitrogens is 1. The lowest BCUT2D eigenvalue weighted by molar-refractivity contribution is 0.0697. The molecule has 1 aromatic carbocycles. The van der Waals surface area contributed by atoms with E-state index in [1.54, 1.807) is 0 Å². The number of aromatic carboxylic acids is 1. The largest absolute Gasteiger partial charge is 0.477 e. The Bertz CT molecular complexity index is 964. The molecular weight excluding hydrogens is 332 g/mol. The first kappa shape index (κ1) is 16.1. The smallest absolute Gasteiger partial charge is 0.341 e. The van der Waals surface area contributed by atoms with Crippen molar-refractivity contribution in [2.45, 2.75) is 25.7 Å². The van der Waals surface area contributed by atoms with Crippen LogP contribution in [0.15, 0.2) is 36.5 Å². The van der Waals surface area contributed by atoms with Crippen molar-refractivity contribution in [3.8, 4) is 0 Å². The fourth-order valence-corrected chi connectivity index (χ4v) is 2.65. The van der Waals surface area contributed by atoms with Crippen LogP contribution in [0.1, 0.15) is 40.4 Å². The standard InChI is InChI=1S/C18H18N6O2/c1-10-4-2-3-5-13(10)20-18-19-9-12(17(25)26)16(22-18)21-15-8-14(23-24-15)11-6-7-11/h2-5,8-9,11H,6-7H2,1H3,(H,25,26)(H3,19,20,21,22,23,24). The summed E-state index contributed by atoms with van der Waals surface area (Å²) in [4.78, 5) is 19.9. The molecule has 1 aliphatic carbocycles. The van der Waals surface area contributed by atoms with Gasteiger partial charge in [-0.25, -0.2) is 9.78 Å². The van der Waals surface area contributed by atoms with Crippen LogP contribution in [0.4, 0.5) is 23.3 Å². The Balaban J connectivity index is 1.62. The van der Waals surface area contributed by atoms with E-state index < -0.39 is 5.97 Å². The van der Waals surface area contributed by atoms with E-state index in [1.165, 1.54) is 6.20 Å². The van der Waals surface area contributed by atoms with Crippen molar-refractivity contribution in [3.63, 3.8) is 0 Å². The summed E-state index contributed by atoms with van der Waals surface area (Å²) in [7, 11) is 0. The summed E-state index contributed by atoms with van der Waals surface area (Å²) in [6, 6.07) is 9.61. The number of nitrogens with one attached hydrogen (secondary N) is 3. The van der Waals surface area contributed by atoms with Crippen molar-refractivity contribution >= 4 is 29.2 Å². The molecule has 132 valence electrons. The van der Waals surface area contributed by atoms with Gasteiger partial charge in [0.25, 0.3) is 0 Å². The topological polar surface area (TPSA) is 116 Å². The normalized spacial score (nSPS) is 13.4. The minimum absolute atomic E-state index is 0.0173. The molecule has 0 saturated heterocycles. The number of benzene rings is 1. The Morgan fingerprint density at radius 1 is 1.27 bits per heavy atom. The van der Waals surface area contributed by atoms with Crippen LogP contribution in [0.2, 0.25) is 0 Å². The van der Waals surface area contributed by atoms with E-state index in [0.29, 0.717) is 17.7 Å². The molecule has 4 N–H and O–H groups in total. The molecule has 26 heavy (non-hydrogen) atoms. The van der Waals surface area contributed by atoms with Crippen molar-refractivity contribution in [1.82, 2.24) is 20.2 Å². The predicted octanol–water partition coefficient (Wildman–Crippen LogP) is 3.57. The maximum atomic E-state index is 11.5. The van der Waals surface area contributed by atoms with Gasteiger partial charge in [0.15, 0.2) is 11.6 Å². The molecule has 3 aromatic rings. The molecule has 1 saturated carbocycles. The third-order valence-electron chi connectivity index (χ3n) is 4.27. The minimum atomic E-state index is -1.10. The minimum Gasteiger partial charge on any atom is -0.477 e. The molecule has 0 aliphatic heterocycles. The quantitative estimate of drug-likeness (QED) is 0.537. The molecule has 2 aromatic heterocycles. The molecule has 1 fully saturated rings. The monoisotopic (exact) mass is 350 g/mol. The van der Waals surface area contributed by atoms with Crippen LogP contribution in [0.3, 0.4) is 0 Å². The number of aromatic amines is 1. The first-order chi connectivity index (χ1) is 12.6. The molecule has 4 rings (SSSR count). The SMILES string of the molecule is Cc1ccccc1Nc1ncc(C(=O)O)c(Nc2cc(C3CC3)[nH]n2)n1. The van der Waals surface area contributed by atoms with Crippen LogP contribution in [0.25, 0.3) is 0 Å². The number of hydrogen-bond donors (Lipinski definition) is 4. The van der Waals surface area contributed by atoms with Gasteiger partial charge in [-0.2, -0.15) is 10.1 Å². The number of nitrogens with zero attached hydrogens (tertiary/aromatic N) is 3. The fourth-order valence-electron chi connectivity index (χ4n) is 2.65. The Hall–Kier alpha value is -3.42. The summed E-state index contributed by atoms with van der Waals surface area (Å²) >= 11 is 0. The number of carbonyl (C=O) groups is 1. The molecule has 8 heteroatoms. The van der Waals surface area contributed by atoms with Gasteiger partial charge in [0.2, 0.25) is 5.95 Å². The first-order valence-electron chi connectivity index (χ1n) is 8.35. The zero-order valence-electron chi connectivity index (χ0n) is 14.2. The predicted molar refractivity (Wildman–Crippen MR) is 97.3 cm³/mol. The highest BCUT2D eigenvalue weighted by Gasteiger charge is 2.26. The second-order valence-corrected chi connectivity index (χ2v) is 6.31. The van der Waals surface area contributed by atoms with Gasteiger partial charge in [-0.3, -0.25) is 5.10 Å². The third kappa shape index (κ3) is 3.34.